The number of nitro groups is 1. The highest BCUT2D eigenvalue weighted by Gasteiger charge is 2.28. The maximum absolute atomic E-state index is 12.3. The summed E-state index contributed by atoms with van der Waals surface area (Å²) in [7, 11) is 0. The van der Waals surface area contributed by atoms with Crippen molar-refractivity contribution in [3.05, 3.63) is 38.8 Å². The Kier molecular flexibility index (Phi) is 6.00. The molecule has 0 fully saturated rings. The summed E-state index contributed by atoms with van der Waals surface area (Å²) in [6.07, 6.45) is 1.17. The van der Waals surface area contributed by atoms with Crippen molar-refractivity contribution in [1.29, 1.82) is 0 Å². The number of carboxylic acids is 1. The van der Waals surface area contributed by atoms with Gasteiger partial charge in [0.25, 0.3) is 11.2 Å². The third-order valence-corrected chi connectivity index (χ3v) is 3.39. The van der Waals surface area contributed by atoms with E-state index < -0.39 is 34.4 Å². The summed E-state index contributed by atoms with van der Waals surface area (Å²) in [5, 5.41) is 22.3. The van der Waals surface area contributed by atoms with Crippen LogP contribution in [0, 0.1) is 16.0 Å². The number of pyridine rings is 1. The van der Waals surface area contributed by atoms with Crippen LogP contribution in [0.5, 0.6) is 0 Å². The fraction of sp³-hybridized carbons (Fsp3) is 0.500. The fourth-order valence-corrected chi connectivity index (χ4v) is 2.11. The van der Waals surface area contributed by atoms with Gasteiger partial charge >= 0.3 is 5.97 Å². The van der Waals surface area contributed by atoms with Gasteiger partial charge in [0.05, 0.1) is 11.1 Å². The molecule has 1 heterocycles. The molecule has 0 saturated heterocycles. The van der Waals surface area contributed by atoms with Crippen LogP contribution in [0.25, 0.3) is 0 Å². The number of nitrogens with zero attached hydrogens (tertiary/aromatic N) is 2. The second-order valence-electron chi connectivity index (χ2n) is 5.38. The lowest BCUT2D eigenvalue weighted by Crippen LogP contribution is -2.48. The van der Waals surface area contributed by atoms with Crippen molar-refractivity contribution in [1.82, 2.24) is 9.88 Å². The van der Waals surface area contributed by atoms with Gasteiger partial charge in [0.2, 0.25) is 5.91 Å². The second-order valence-corrected chi connectivity index (χ2v) is 5.38. The number of hydrogen-bond donors (Lipinski definition) is 2. The van der Waals surface area contributed by atoms with Gasteiger partial charge in [0, 0.05) is 12.1 Å². The third kappa shape index (κ3) is 4.38. The van der Waals surface area contributed by atoms with E-state index in [1.54, 1.807) is 20.8 Å². The molecule has 0 aliphatic rings. The van der Waals surface area contributed by atoms with Gasteiger partial charge in [0.15, 0.2) is 0 Å². The Bertz CT molecular complexity index is 667. The van der Waals surface area contributed by atoms with Crippen LogP contribution in [0.2, 0.25) is 0 Å². The summed E-state index contributed by atoms with van der Waals surface area (Å²) in [5.41, 5.74) is -0.900. The number of rotatable bonds is 7. The van der Waals surface area contributed by atoms with Gasteiger partial charge in [-0.05, 0) is 12.3 Å². The molecule has 2 N–H and O–H groups in total. The Morgan fingerprint density at radius 1 is 1.39 bits per heavy atom. The summed E-state index contributed by atoms with van der Waals surface area (Å²) in [5.74, 6) is -2.21. The summed E-state index contributed by atoms with van der Waals surface area (Å²) in [4.78, 5) is 45.5. The molecule has 2 atom stereocenters. The Morgan fingerprint density at radius 2 is 2.00 bits per heavy atom. The molecule has 1 aromatic heterocycles. The lowest BCUT2D eigenvalue weighted by molar-refractivity contribution is -0.385. The average Bonchev–Trinajstić information content (AvgIpc) is 2.46. The second kappa shape index (κ2) is 7.52. The van der Waals surface area contributed by atoms with Crippen molar-refractivity contribution < 1.29 is 19.6 Å². The van der Waals surface area contributed by atoms with Crippen LogP contribution in [0.4, 0.5) is 5.69 Å². The number of hydrogen-bond acceptors (Lipinski definition) is 5. The minimum Gasteiger partial charge on any atom is -0.480 e. The maximum atomic E-state index is 12.3. The Labute approximate surface area is 132 Å². The summed E-state index contributed by atoms with van der Waals surface area (Å²) in [6.45, 7) is 4.90. The molecule has 126 valence electrons. The van der Waals surface area contributed by atoms with Gasteiger partial charge in [-0.1, -0.05) is 20.8 Å². The Morgan fingerprint density at radius 3 is 2.43 bits per heavy atom. The SMILES string of the molecule is CCC(C(=O)NC(C(=O)O)C(C)C)n1cc([N+](=O)[O-])ccc1=O. The number of aromatic nitrogens is 1. The van der Waals surface area contributed by atoms with Gasteiger partial charge in [-0.3, -0.25) is 24.3 Å². The predicted octanol–water partition coefficient (Wildman–Crippen LogP) is 0.933. The summed E-state index contributed by atoms with van der Waals surface area (Å²) < 4.78 is 0.951. The van der Waals surface area contributed by atoms with Crippen molar-refractivity contribution in [2.75, 3.05) is 0 Å². The highest BCUT2D eigenvalue weighted by molar-refractivity contribution is 5.86. The molecular weight excluding hydrogens is 306 g/mol. The van der Waals surface area contributed by atoms with E-state index in [1.807, 2.05) is 0 Å². The Hall–Kier alpha value is -2.71. The lowest BCUT2D eigenvalue weighted by atomic mass is 10.0. The zero-order valence-electron chi connectivity index (χ0n) is 13.1. The van der Waals surface area contributed by atoms with Crippen LogP contribution in [-0.2, 0) is 9.59 Å². The number of nitrogens with one attached hydrogen (secondary N) is 1. The molecule has 0 spiro atoms. The zero-order valence-corrected chi connectivity index (χ0v) is 13.1. The van der Waals surface area contributed by atoms with Crippen LogP contribution in [0.3, 0.4) is 0 Å². The summed E-state index contributed by atoms with van der Waals surface area (Å²) >= 11 is 0. The average molecular weight is 325 g/mol. The molecule has 1 amide bonds. The highest BCUT2D eigenvalue weighted by atomic mass is 16.6. The van der Waals surface area contributed by atoms with E-state index in [-0.39, 0.29) is 18.0 Å². The first kappa shape index (κ1) is 18.3. The highest BCUT2D eigenvalue weighted by Crippen LogP contribution is 2.15. The Balaban J connectivity index is 3.15. The van der Waals surface area contributed by atoms with Crippen LogP contribution in [-0.4, -0.2) is 32.5 Å². The summed E-state index contributed by atoms with van der Waals surface area (Å²) in [6, 6.07) is -0.0722. The van der Waals surface area contributed by atoms with Crippen LogP contribution in [0.1, 0.15) is 33.2 Å². The number of amides is 1. The van der Waals surface area contributed by atoms with Crippen LogP contribution < -0.4 is 10.9 Å². The van der Waals surface area contributed by atoms with E-state index >= 15 is 0 Å². The first-order valence-corrected chi connectivity index (χ1v) is 7.08. The molecular formula is C14H19N3O6. The van der Waals surface area contributed by atoms with Crippen molar-refractivity contribution in [3.63, 3.8) is 0 Å². The minimum atomic E-state index is -1.19. The molecule has 0 saturated carbocycles. The monoisotopic (exact) mass is 325 g/mol. The molecule has 9 heteroatoms. The van der Waals surface area contributed by atoms with E-state index in [0.29, 0.717) is 0 Å². The largest absolute Gasteiger partial charge is 0.480 e. The number of carbonyl (C=O) groups excluding carboxylic acids is 1. The van der Waals surface area contributed by atoms with Crippen molar-refractivity contribution >= 4 is 17.6 Å². The minimum absolute atomic E-state index is 0.178. The van der Waals surface area contributed by atoms with Crippen LogP contribution in [0.15, 0.2) is 23.1 Å². The van der Waals surface area contributed by atoms with E-state index in [2.05, 4.69) is 5.32 Å². The zero-order chi connectivity index (χ0) is 17.7. The van der Waals surface area contributed by atoms with Crippen molar-refractivity contribution in [3.8, 4) is 0 Å². The predicted molar refractivity (Wildman–Crippen MR) is 81.1 cm³/mol. The normalized spacial score (nSPS) is 13.4. The maximum Gasteiger partial charge on any atom is 0.326 e. The number of carboxylic acid groups (broad SMARTS) is 1. The first-order chi connectivity index (χ1) is 10.7. The van der Waals surface area contributed by atoms with E-state index in [1.165, 1.54) is 0 Å². The number of carbonyl (C=O) groups is 2. The lowest BCUT2D eigenvalue weighted by Gasteiger charge is -2.22. The van der Waals surface area contributed by atoms with Gasteiger partial charge in [0.1, 0.15) is 12.1 Å². The standard InChI is InChI=1S/C14H19N3O6/c1-4-10(13(19)15-12(8(2)3)14(20)21)16-7-9(17(22)23)5-6-11(16)18/h5-8,10,12H,4H2,1-3H3,(H,15,19)(H,20,21). The van der Waals surface area contributed by atoms with E-state index in [4.69, 9.17) is 5.11 Å². The smallest absolute Gasteiger partial charge is 0.326 e. The quantitative estimate of drug-likeness (QED) is 0.566. The van der Waals surface area contributed by atoms with Crippen LogP contribution >= 0.6 is 0 Å². The molecule has 1 rings (SSSR count). The first-order valence-electron chi connectivity index (χ1n) is 7.08. The van der Waals surface area contributed by atoms with Gasteiger partial charge < -0.3 is 10.4 Å². The number of aliphatic carboxylic acids is 1. The molecule has 0 aliphatic carbocycles. The van der Waals surface area contributed by atoms with E-state index in [0.717, 1.165) is 22.9 Å². The molecule has 2 unspecified atom stereocenters. The molecule has 0 bridgehead atoms. The van der Waals surface area contributed by atoms with Gasteiger partial charge in [-0.15, -0.1) is 0 Å². The molecule has 0 radical (unpaired) electrons. The van der Waals surface area contributed by atoms with E-state index in [9.17, 15) is 24.5 Å². The van der Waals surface area contributed by atoms with Crippen molar-refractivity contribution in [2.45, 2.75) is 39.3 Å². The molecule has 23 heavy (non-hydrogen) atoms. The van der Waals surface area contributed by atoms with Gasteiger partial charge in [-0.25, -0.2) is 4.79 Å². The molecule has 9 nitrogen and oxygen atoms in total. The molecule has 1 aromatic rings. The molecule has 0 aromatic carbocycles. The van der Waals surface area contributed by atoms with Gasteiger partial charge in [-0.2, -0.15) is 0 Å². The fourth-order valence-electron chi connectivity index (χ4n) is 2.11. The molecule has 0 aliphatic heterocycles. The van der Waals surface area contributed by atoms with Crippen molar-refractivity contribution in [2.24, 2.45) is 5.92 Å². The third-order valence-electron chi connectivity index (χ3n) is 3.39. The topological polar surface area (TPSA) is 132 Å².